The number of aromatic nitrogens is 1. The highest BCUT2D eigenvalue weighted by Crippen LogP contribution is 2.32. The zero-order valence-electron chi connectivity index (χ0n) is 21.2. The van der Waals surface area contributed by atoms with E-state index in [2.05, 4.69) is 4.57 Å². The fourth-order valence-corrected chi connectivity index (χ4v) is 6.33. The normalized spacial score (nSPS) is 14.4. The maximum absolute atomic E-state index is 13.7. The molecule has 9 heteroatoms. The summed E-state index contributed by atoms with van der Waals surface area (Å²) < 4.78 is 35.1. The zero-order valence-corrected chi connectivity index (χ0v) is 22.7. The average Bonchev–Trinajstić information content (AvgIpc) is 3.30. The topological polar surface area (TPSA) is 71.8 Å². The van der Waals surface area contributed by atoms with Crippen LogP contribution < -0.4 is 4.74 Å². The third kappa shape index (κ3) is 4.95. The van der Waals surface area contributed by atoms with E-state index in [1.807, 2.05) is 67.6 Å². The molecule has 196 valence electrons. The minimum absolute atomic E-state index is 0.120. The van der Waals surface area contributed by atoms with Crippen molar-refractivity contribution in [2.45, 2.75) is 11.8 Å². The van der Waals surface area contributed by atoms with Gasteiger partial charge in [0.2, 0.25) is 10.0 Å². The van der Waals surface area contributed by atoms with E-state index in [4.69, 9.17) is 16.3 Å². The van der Waals surface area contributed by atoms with Gasteiger partial charge in [0, 0.05) is 48.1 Å². The molecule has 1 aromatic heterocycles. The molecule has 38 heavy (non-hydrogen) atoms. The third-order valence-electron chi connectivity index (χ3n) is 6.83. The molecular formula is C29H28ClN3O4S. The number of amides is 1. The van der Waals surface area contributed by atoms with Gasteiger partial charge in [-0.3, -0.25) is 4.79 Å². The summed E-state index contributed by atoms with van der Waals surface area (Å²) in [5, 5.41) is 0.477. The smallest absolute Gasteiger partial charge is 0.255 e. The number of carbonyl (C=O) groups is 1. The summed E-state index contributed by atoms with van der Waals surface area (Å²) in [7, 11) is -2.03. The first-order valence-electron chi connectivity index (χ1n) is 12.3. The quantitative estimate of drug-likeness (QED) is 0.329. The van der Waals surface area contributed by atoms with E-state index in [0.717, 1.165) is 28.4 Å². The Balaban J connectivity index is 1.43. The van der Waals surface area contributed by atoms with Gasteiger partial charge in [0.05, 0.1) is 23.3 Å². The van der Waals surface area contributed by atoms with Crippen molar-refractivity contribution in [2.24, 2.45) is 0 Å². The van der Waals surface area contributed by atoms with Crippen molar-refractivity contribution in [1.82, 2.24) is 13.8 Å². The molecule has 1 amide bonds. The number of hydrogen-bond acceptors (Lipinski definition) is 4. The van der Waals surface area contributed by atoms with Gasteiger partial charge >= 0.3 is 0 Å². The number of halogens is 1. The second-order valence-corrected chi connectivity index (χ2v) is 11.5. The van der Waals surface area contributed by atoms with Crippen molar-refractivity contribution in [3.05, 3.63) is 101 Å². The molecular weight excluding hydrogens is 522 g/mol. The number of sulfonamides is 1. The predicted octanol–water partition coefficient (Wildman–Crippen LogP) is 5.26. The zero-order chi connectivity index (χ0) is 26.9. The minimum Gasteiger partial charge on any atom is -0.497 e. The van der Waals surface area contributed by atoms with Gasteiger partial charge in [0.1, 0.15) is 5.75 Å². The van der Waals surface area contributed by atoms with Gasteiger partial charge in [-0.1, -0.05) is 41.9 Å². The lowest BCUT2D eigenvalue weighted by Crippen LogP contribution is -2.50. The molecule has 4 aromatic rings. The van der Waals surface area contributed by atoms with Crippen LogP contribution in [0.25, 0.3) is 16.9 Å². The molecule has 0 radical (unpaired) electrons. The van der Waals surface area contributed by atoms with Crippen LogP contribution in [0.5, 0.6) is 5.75 Å². The molecule has 1 fully saturated rings. The van der Waals surface area contributed by atoms with Crippen molar-refractivity contribution in [1.29, 1.82) is 0 Å². The first kappa shape index (κ1) is 26.0. The number of methoxy groups -OCH3 is 1. The van der Waals surface area contributed by atoms with Crippen LogP contribution in [0.2, 0.25) is 5.02 Å². The summed E-state index contributed by atoms with van der Waals surface area (Å²) in [6.07, 6.45) is 0. The Morgan fingerprint density at radius 3 is 2.21 bits per heavy atom. The van der Waals surface area contributed by atoms with E-state index < -0.39 is 10.0 Å². The van der Waals surface area contributed by atoms with Crippen LogP contribution in [-0.4, -0.2) is 61.4 Å². The number of nitrogens with zero attached hydrogens (tertiary/aromatic N) is 3. The molecule has 0 saturated carbocycles. The predicted molar refractivity (Wildman–Crippen MR) is 149 cm³/mol. The molecule has 1 saturated heterocycles. The summed E-state index contributed by atoms with van der Waals surface area (Å²) in [5.41, 5.74) is 4.14. The molecule has 0 spiro atoms. The fourth-order valence-electron chi connectivity index (χ4n) is 4.79. The number of para-hydroxylation sites is 1. The first-order chi connectivity index (χ1) is 18.3. The lowest BCUT2D eigenvalue weighted by atomic mass is 10.1. The molecule has 0 atom stereocenters. The fraction of sp³-hybridized carbons (Fsp3) is 0.207. The van der Waals surface area contributed by atoms with E-state index in [-0.39, 0.29) is 23.9 Å². The SMILES string of the molecule is COc1cccc(-c2cc(C(=O)N3CCN(S(=O)(=O)c4ccc(Cl)cc4)CC3)c(C)n2-c2ccccc2)c1. The molecule has 2 heterocycles. The second-order valence-electron chi connectivity index (χ2n) is 9.08. The third-order valence-corrected chi connectivity index (χ3v) is 9.00. The van der Waals surface area contributed by atoms with E-state index in [1.54, 1.807) is 24.1 Å². The van der Waals surface area contributed by atoms with Gasteiger partial charge in [0.15, 0.2) is 0 Å². The number of carbonyl (C=O) groups excluding carboxylic acids is 1. The summed E-state index contributed by atoms with van der Waals surface area (Å²) in [6, 6.07) is 25.7. The highest BCUT2D eigenvalue weighted by Gasteiger charge is 2.32. The second kappa shape index (κ2) is 10.6. The van der Waals surface area contributed by atoms with E-state index in [0.29, 0.717) is 23.7 Å². The largest absolute Gasteiger partial charge is 0.497 e. The highest BCUT2D eigenvalue weighted by atomic mass is 35.5. The van der Waals surface area contributed by atoms with Crippen LogP contribution in [-0.2, 0) is 10.0 Å². The maximum atomic E-state index is 13.7. The molecule has 0 N–H and O–H groups in total. The van der Waals surface area contributed by atoms with Gasteiger partial charge in [-0.25, -0.2) is 8.42 Å². The van der Waals surface area contributed by atoms with E-state index in [9.17, 15) is 13.2 Å². The van der Waals surface area contributed by atoms with Crippen LogP contribution in [0, 0.1) is 6.92 Å². The van der Waals surface area contributed by atoms with Crippen molar-refractivity contribution < 1.29 is 17.9 Å². The Morgan fingerprint density at radius 1 is 0.868 bits per heavy atom. The van der Waals surface area contributed by atoms with E-state index >= 15 is 0 Å². The van der Waals surface area contributed by atoms with E-state index in [1.165, 1.54) is 16.4 Å². The van der Waals surface area contributed by atoms with Crippen molar-refractivity contribution >= 4 is 27.5 Å². The summed E-state index contributed by atoms with van der Waals surface area (Å²) in [4.78, 5) is 15.7. The lowest BCUT2D eigenvalue weighted by molar-refractivity contribution is 0.0697. The van der Waals surface area contributed by atoms with Crippen LogP contribution in [0.1, 0.15) is 16.1 Å². The Hall–Kier alpha value is -3.59. The number of benzene rings is 3. The van der Waals surface area contributed by atoms with Crippen molar-refractivity contribution in [3.63, 3.8) is 0 Å². The Morgan fingerprint density at radius 2 is 1.55 bits per heavy atom. The highest BCUT2D eigenvalue weighted by molar-refractivity contribution is 7.89. The van der Waals surface area contributed by atoms with Gasteiger partial charge in [0.25, 0.3) is 5.91 Å². The molecule has 0 bridgehead atoms. The molecule has 0 aliphatic carbocycles. The van der Waals surface area contributed by atoms with Gasteiger partial charge in [-0.2, -0.15) is 4.31 Å². The Kier molecular flexibility index (Phi) is 7.29. The van der Waals surface area contributed by atoms with Crippen LogP contribution in [0.4, 0.5) is 0 Å². The number of rotatable bonds is 6. The van der Waals surface area contributed by atoms with Gasteiger partial charge in [-0.05, 0) is 61.5 Å². The minimum atomic E-state index is -3.66. The number of piperazine rings is 1. The molecule has 7 nitrogen and oxygen atoms in total. The molecule has 5 rings (SSSR count). The summed E-state index contributed by atoms with van der Waals surface area (Å²) in [6.45, 7) is 2.98. The molecule has 1 aliphatic rings. The number of hydrogen-bond donors (Lipinski definition) is 0. The Bertz CT molecular complexity index is 1560. The Labute approximate surface area is 227 Å². The standard InChI is InChI=1S/C29H28ClN3O4S/c1-21-27(20-28(22-7-6-10-25(19-22)37-2)33(21)24-8-4-3-5-9-24)29(34)31-15-17-32(18-16-31)38(35,36)26-13-11-23(30)12-14-26/h3-14,19-20H,15-18H2,1-2H3. The van der Waals surface area contributed by atoms with Crippen molar-refractivity contribution in [2.75, 3.05) is 33.3 Å². The monoisotopic (exact) mass is 549 g/mol. The van der Waals surface area contributed by atoms with Gasteiger partial charge < -0.3 is 14.2 Å². The summed E-state index contributed by atoms with van der Waals surface area (Å²) >= 11 is 5.92. The van der Waals surface area contributed by atoms with Crippen LogP contribution in [0.3, 0.4) is 0 Å². The number of ether oxygens (including phenoxy) is 1. The molecule has 0 unspecified atom stereocenters. The first-order valence-corrected chi connectivity index (χ1v) is 14.1. The van der Waals surface area contributed by atoms with Gasteiger partial charge in [-0.15, -0.1) is 0 Å². The van der Waals surface area contributed by atoms with Crippen molar-refractivity contribution in [3.8, 4) is 22.7 Å². The summed E-state index contributed by atoms with van der Waals surface area (Å²) in [5.74, 6) is 0.608. The lowest BCUT2D eigenvalue weighted by Gasteiger charge is -2.34. The van der Waals surface area contributed by atoms with Crippen LogP contribution in [0.15, 0.2) is 89.8 Å². The molecule has 1 aliphatic heterocycles. The average molecular weight is 550 g/mol. The maximum Gasteiger partial charge on any atom is 0.255 e. The van der Waals surface area contributed by atoms with Crippen LogP contribution >= 0.6 is 11.6 Å². The molecule has 3 aromatic carbocycles.